The average Bonchev–Trinajstić information content (AvgIpc) is 2.82. The van der Waals surface area contributed by atoms with Crippen LogP contribution in [0, 0.1) is 0 Å². The number of aromatic nitrogens is 2. The van der Waals surface area contributed by atoms with Crippen LogP contribution in [0.2, 0.25) is 0 Å². The number of aliphatic hydroxyl groups is 1. The third-order valence-corrected chi connectivity index (χ3v) is 5.24. The summed E-state index contributed by atoms with van der Waals surface area (Å²) in [7, 11) is -4.14. The molecule has 0 saturated carbocycles. The van der Waals surface area contributed by atoms with Crippen molar-refractivity contribution >= 4 is 13.3 Å². The van der Waals surface area contributed by atoms with Crippen molar-refractivity contribution in [2.45, 2.75) is 50.8 Å². The summed E-state index contributed by atoms with van der Waals surface area (Å²) in [6.07, 6.45) is -4.02. The lowest BCUT2D eigenvalue weighted by atomic mass is 9.98. The second-order valence-electron chi connectivity index (χ2n) is 6.32. The van der Waals surface area contributed by atoms with Crippen molar-refractivity contribution in [3.8, 4) is 0 Å². The molecular formula is C15H23FN3O7P. The molecule has 0 aliphatic carbocycles. The van der Waals surface area contributed by atoms with Crippen LogP contribution in [0.1, 0.15) is 32.4 Å². The van der Waals surface area contributed by atoms with Crippen LogP contribution < -0.4 is 16.3 Å². The third kappa shape index (κ3) is 4.80. The number of hydrogen-bond acceptors (Lipinski definition) is 7. The number of ether oxygens (including phenoxy) is 1. The van der Waals surface area contributed by atoms with Crippen LogP contribution in [0.15, 0.2) is 21.9 Å². The zero-order valence-electron chi connectivity index (χ0n) is 18.8. The molecule has 0 unspecified atom stereocenters. The summed E-state index contributed by atoms with van der Waals surface area (Å²) in [6.45, 7) is -1.22. The molecule has 2 heterocycles. The molecule has 1 fully saturated rings. The standard InChI is InChI=1S/C15H23FN3O7P/c1-8(9(2)20)18-27(4,24)25-7-10-12(22)15(3,16)13(26-10)19-6-5-11(21)17-14(19)23/h5-6,8,10,12-13,22H,7H2,1-4H3,(H,18,24)(H,17,21,23)/t8-,10+,12+,13+,15+,27+/m0/s1/i1D3,8D. The SMILES string of the molecule is [2H]C([2H])([2H])[C@]([2H])(N[P@](C)(=O)OC[C@H]1O[C@@H](n2ccc(=O)[nH]c2=O)[C@](C)(F)[C@@H]1O)C(C)=O. The fourth-order valence-electron chi connectivity index (χ4n) is 2.49. The van der Waals surface area contributed by atoms with Gasteiger partial charge in [-0.1, -0.05) is 0 Å². The molecule has 0 amide bonds. The first-order chi connectivity index (χ1) is 13.9. The van der Waals surface area contributed by atoms with E-state index in [-0.39, 0.29) is 0 Å². The topological polar surface area (TPSA) is 140 Å². The number of rotatable bonds is 7. The highest BCUT2D eigenvalue weighted by molar-refractivity contribution is 7.56. The van der Waals surface area contributed by atoms with Gasteiger partial charge in [-0.2, -0.15) is 0 Å². The van der Waals surface area contributed by atoms with Gasteiger partial charge >= 0.3 is 5.69 Å². The zero-order valence-corrected chi connectivity index (χ0v) is 15.7. The monoisotopic (exact) mass is 411 g/mol. The number of halogens is 1. The number of carbonyl (C=O) groups excluding carboxylic acids is 1. The molecule has 12 heteroatoms. The van der Waals surface area contributed by atoms with Crippen molar-refractivity contribution < 1.29 is 33.6 Å². The molecule has 2 rings (SSSR count). The minimum Gasteiger partial charge on any atom is -0.387 e. The minimum absolute atomic E-state index is 0.716. The van der Waals surface area contributed by atoms with Crippen molar-refractivity contribution in [3.63, 3.8) is 0 Å². The first kappa shape index (κ1) is 16.3. The largest absolute Gasteiger partial charge is 0.387 e. The maximum Gasteiger partial charge on any atom is 0.330 e. The summed E-state index contributed by atoms with van der Waals surface area (Å²) in [5.41, 5.74) is -4.24. The highest BCUT2D eigenvalue weighted by Crippen LogP contribution is 2.44. The Morgan fingerprint density at radius 1 is 1.70 bits per heavy atom. The van der Waals surface area contributed by atoms with Gasteiger partial charge in [-0.05, 0) is 20.7 Å². The third-order valence-electron chi connectivity index (χ3n) is 3.97. The molecule has 0 aromatic carbocycles. The Hall–Kier alpha value is -1.65. The molecule has 6 atom stereocenters. The molecule has 0 bridgehead atoms. The van der Waals surface area contributed by atoms with E-state index in [2.05, 4.69) is 0 Å². The summed E-state index contributed by atoms with van der Waals surface area (Å²) >= 11 is 0. The molecule has 1 aliphatic rings. The highest BCUT2D eigenvalue weighted by atomic mass is 31.2. The van der Waals surface area contributed by atoms with Crippen molar-refractivity contribution in [1.82, 2.24) is 14.6 Å². The fourth-order valence-corrected chi connectivity index (χ4v) is 3.55. The van der Waals surface area contributed by atoms with Gasteiger partial charge in [-0.25, -0.2) is 14.3 Å². The number of H-pyrrole nitrogens is 1. The lowest BCUT2D eigenvalue weighted by Gasteiger charge is -2.24. The van der Waals surface area contributed by atoms with Gasteiger partial charge in [0.15, 0.2) is 11.9 Å². The van der Waals surface area contributed by atoms with Crippen LogP contribution in [-0.2, 0) is 18.6 Å². The van der Waals surface area contributed by atoms with Gasteiger partial charge in [0, 0.05) is 23.0 Å². The summed E-state index contributed by atoms with van der Waals surface area (Å²) in [5, 5.41) is 12.2. The van der Waals surface area contributed by atoms with Gasteiger partial charge in [0.25, 0.3) is 13.1 Å². The van der Waals surface area contributed by atoms with E-state index in [9.17, 15) is 24.1 Å². The van der Waals surface area contributed by atoms with E-state index in [1.165, 1.54) is 0 Å². The molecule has 10 nitrogen and oxygen atoms in total. The second-order valence-corrected chi connectivity index (χ2v) is 8.50. The van der Waals surface area contributed by atoms with E-state index in [4.69, 9.17) is 14.7 Å². The molecule has 0 spiro atoms. The Morgan fingerprint density at radius 2 is 2.37 bits per heavy atom. The number of nitrogens with zero attached hydrogens (tertiary/aromatic N) is 1. The van der Waals surface area contributed by atoms with Crippen LogP contribution in [0.4, 0.5) is 4.39 Å². The Morgan fingerprint density at radius 3 is 2.93 bits per heavy atom. The fraction of sp³-hybridized carbons (Fsp3) is 0.667. The zero-order chi connectivity index (χ0) is 24.0. The van der Waals surface area contributed by atoms with Crippen molar-refractivity contribution in [2.24, 2.45) is 0 Å². The van der Waals surface area contributed by atoms with Crippen LogP contribution in [0.5, 0.6) is 0 Å². The predicted octanol–water partition coefficient (Wildman–Crippen LogP) is -0.0703. The Bertz CT molecular complexity index is 1010. The lowest BCUT2D eigenvalue weighted by Crippen LogP contribution is -2.43. The van der Waals surface area contributed by atoms with Gasteiger partial charge in [-0.3, -0.25) is 23.7 Å². The van der Waals surface area contributed by atoms with Gasteiger partial charge in [0.05, 0.1) is 14.0 Å². The van der Waals surface area contributed by atoms with Gasteiger partial charge in [0.2, 0.25) is 0 Å². The quantitative estimate of drug-likeness (QED) is 0.530. The minimum atomic E-state index is -4.14. The number of carbonyl (C=O) groups is 1. The van der Waals surface area contributed by atoms with Crippen molar-refractivity contribution in [1.29, 1.82) is 0 Å². The number of aliphatic hydroxyl groups excluding tert-OH is 1. The first-order valence-electron chi connectivity index (χ1n) is 9.79. The van der Waals surface area contributed by atoms with E-state index < -0.39 is 68.1 Å². The summed E-state index contributed by atoms with van der Waals surface area (Å²) in [6, 6.07) is -1.97. The van der Waals surface area contributed by atoms with Crippen molar-refractivity contribution in [2.75, 3.05) is 13.3 Å². The van der Waals surface area contributed by atoms with Gasteiger partial charge in [0.1, 0.15) is 18.0 Å². The molecule has 3 N–H and O–H groups in total. The summed E-state index contributed by atoms with van der Waals surface area (Å²) < 4.78 is 68.9. The molecular weight excluding hydrogens is 384 g/mol. The lowest BCUT2D eigenvalue weighted by molar-refractivity contribution is -0.118. The van der Waals surface area contributed by atoms with E-state index in [1.807, 2.05) is 10.1 Å². The van der Waals surface area contributed by atoms with E-state index in [0.717, 1.165) is 32.8 Å². The predicted molar refractivity (Wildman–Crippen MR) is 93.5 cm³/mol. The van der Waals surface area contributed by atoms with Gasteiger partial charge < -0.3 is 14.4 Å². The average molecular weight is 411 g/mol. The molecule has 0 radical (unpaired) electrons. The van der Waals surface area contributed by atoms with Gasteiger partial charge in [-0.15, -0.1) is 0 Å². The van der Waals surface area contributed by atoms with Crippen LogP contribution >= 0.6 is 7.52 Å². The normalized spacial score (nSPS) is 35.2. The van der Waals surface area contributed by atoms with Crippen LogP contribution in [0.3, 0.4) is 0 Å². The van der Waals surface area contributed by atoms with Crippen LogP contribution in [0.25, 0.3) is 0 Å². The number of Topliss-reactive ketones (excluding diaryl/α,β-unsaturated/α-hetero) is 1. The molecule has 1 aliphatic heterocycles. The number of alkyl halides is 1. The second kappa shape index (κ2) is 7.76. The maximum atomic E-state index is 15.1. The van der Waals surface area contributed by atoms with Crippen molar-refractivity contribution in [3.05, 3.63) is 33.1 Å². The summed E-state index contributed by atoms with van der Waals surface area (Å²) in [5.74, 6) is -1.14. The smallest absolute Gasteiger partial charge is 0.330 e. The molecule has 1 saturated heterocycles. The first-order valence-corrected chi connectivity index (χ1v) is 9.86. The molecule has 152 valence electrons. The summed E-state index contributed by atoms with van der Waals surface area (Å²) in [4.78, 5) is 36.8. The Kier molecular flexibility index (Phi) is 4.69. The van der Waals surface area contributed by atoms with E-state index >= 15 is 4.39 Å². The molecule has 27 heavy (non-hydrogen) atoms. The Balaban J connectivity index is 2.20. The van der Waals surface area contributed by atoms with Crippen LogP contribution in [-0.4, -0.2) is 57.6 Å². The highest BCUT2D eigenvalue weighted by Gasteiger charge is 2.55. The number of nitrogens with one attached hydrogen (secondary N) is 2. The number of aromatic amines is 1. The number of ketones is 1. The number of hydrogen-bond donors (Lipinski definition) is 3. The van der Waals surface area contributed by atoms with E-state index in [1.54, 1.807) is 0 Å². The Labute approximate surface area is 159 Å². The maximum absolute atomic E-state index is 15.1. The molecule has 1 aromatic rings. The van der Waals surface area contributed by atoms with E-state index in [0.29, 0.717) is 4.57 Å². The molecule has 1 aromatic heterocycles.